The number of rotatable bonds is 3. The lowest BCUT2D eigenvalue weighted by Crippen LogP contribution is -2.52. The van der Waals surface area contributed by atoms with Crippen LogP contribution in [-0.4, -0.2) is 23.7 Å². The monoisotopic (exact) mass is 300 g/mol. The lowest BCUT2D eigenvalue weighted by atomic mass is 9.66. The molecule has 2 atom stereocenters. The molecule has 2 unspecified atom stereocenters. The molecule has 1 saturated heterocycles. The van der Waals surface area contributed by atoms with E-state index in [4.69, 9.17) is 4.74 Å². The van der Waals surface area contributed by atoms with Gasteiger partial charge < -0.3 is 4.74 Å². The number of fused-ring (bicyclic) bond motifs is 2. The average molecular weight is 300 g/mol. The van der Waals surface area contributed by atoms with Crippen molar-refractivity contribution in [2.24, 2.45) is 15.9 Å². The van der Waals surface area contributed by atoms with E-state index in [9.17, 15) is 9.59 Å². The van der Waals surface area contributed by atoms with Gasteiger partial charge in [0.25, 0.3) is 5.91 Å². The molecular formula is C17H20N2O3. The number of amides is 1. The lowest BCUT2D eigenvalue weighted by Gasteiger charge is -2.34. The molecule has 3 rings (SSSR count). The fraction of sp³-hybridized carbons (Fsp3) is 0.471. The molecule has 1 aliphatic heterocycles. The van der Waals surface area contributed by atoms with Gasteiger partial charge in [-0.2, -0.15) is 5.10 Å². The van der Waals surface area contributed by atoms with Gasteiger partial charge in [0, 0.05) is 5.41 Å². The number of hydrazone groups is 1. The van der Waals surface area contributed by atoms with E-state index in [-0.39, 0.29) is 11.9 Å². The molecule has 1 heterocycles. The van der Waals surface area contributed by atoms with Crippen LogP contribution in [0, 0.1) is 10.8 Å². The lowest BCUT2D eigenvalue weighted by molar-refractivity contribution is -0.168. The summed E-state index contributed by atoms with van der Waals surface area (Å²) in [6.07, 6.45) is 2.77. The molecule has 116 valence electrons. The van der Waals surface area contributed by atoms with Crippen molar-refractivity contribution in [3.8, 4) is 0 Å². The maximum Gasteiger partial charge on any atom is 0.313 e. The molecule has 1 aliphatic carbocycles. The number of benzene rings is 1. The first kappa shape index (κ1) is 14.8. The Kier molecular flexibility index (Phi) is 3.13. The van der Waals surface area contributed by atoms with Crippen molar-refractivity contribution in [3.63, 3.8) is 0 Å². The quantitative estimate of drug-likeness (QED) is 0.529. The topological polar surface area (TPSA) is 67.8 Å². The highest BCUT2D eigenvalue weighted by Gasteiger charge is 2.75. The highest BCUT2D eigenvalue weighted by atomic mass is 16.6. The normalized spacial score (nSPS) is 32.2. The van der Waals surface area contributed by atoms with Gasteiger partial charge in [0.2, 0.25) is 0 Å². The van der Waals surface area contributed by atoms with E-state index in [1.807, 2.05) is 51.1 Å². The zero-order valence-corrected chi connectivity index (χ0v) is 13.1. The van der Waals surface area contributed by atoms with Gasteiger partial charge in [-0.25, -0.2) is 5.43 Å². The van der Waals surface area contributed by atoms with Crippen LogP contribution in [0.1, 0.15) is 39.2 Å². The van der Waals surface area contributed by atoms with Gasteiger partial charge in [0.1, 0.15) is 0 Å². The molecule has 1 N–H and O–H groups in total. The number of ether oxygens (including phenoxy) is 1. The molecule has 1 aromatic carbocycles. The number of nitrogens with zero attached hydrogens (tertiary/aromatic N) is 1. The fourth-order valence-electron chi connectivity index (χ4n) is 3.54. The molecule has 5 heteroatoms. The van der Waals surface area contributed by atoms with Crippen LogP contribution in [0.5, 0.6) is 0 Å². The number of hydrogen-bond acceptors (Lipinski definition) is 4. The Morgan fingerprint density at radius 1 is 1.23 bits per heavy atom. The summed E-state index contributed by atoms with van der Waals surface area (Å²) in [5.41, 5.74) is 1.15. The first-order valence-corrected chi connectivity index (χ1v) is 7.45. The molecule has 1 amide bonds. The first-order valence-electron chi connectivity index (χ1n) is 7.45. The van der Waals surface area contributed by atoms with Crippen LogP contribution in [0.4, 0.5) is 0 Å². The Labute approximate surface area is 129 Å². The summed E-state index contributed by atoms with van der Waals surface area (Å²) in [6.45, 7) is 5.72. The minimum atomic E-state index is -1.12. The number of carbonyl (C=O) groups is 2. The summed E-state index contributed by atoms with van der Waals surface area (Å²) >= 11 is 0. The van der Waals surface area contributed by atoms with E-state index in [1.54, 1.807) is 6.21 Å². The third-order valence-corrected chi connectivity index (χ3v) is 5.63. The Morgan fingerprint density at radius 3 is 2.45 bits per heavy atom. The molecular weight excluding hydrogens is 280 g/mol. The van der Waals surface area contributed by atoms with Crippen molar-refractivity contribution < 1.29 is 14.3 Å². The molecule has 1 aromatic rings. The average Bonchev–Trinajstić information content (AvgIpc) is 2.78. The van der Waals surface area contributed by atoms with Crippen LogP contribution in [0.25, 0.3) is 0 Å². The van der Waals surface area contributed by atoms with Gasteiger partial charge in [-0.1, -0.05) is 44.2 Å². The van der Waals surface area contributed by atoms with Crippen molar-refractivity contribution in [2.45, 2.75) is 39.2 Å². The maximum absolute atomic E-state index is 12.6. The van der Waals surface area contributed by atoms with Crippen LogP contribution >= 0.6 is 0 Å². The number of nitrogens with one attached hydrogen (secondary N) is 1. The van der Waals surface area contributed by atoms with Crippen LogP contribution in [0.3, 0.4) is 0 Å². The second kappa shape index (κ2) is 4.66. The number of esters is 1. The van der Waals surface area contributed by atoms with E-state index in [2.05, 4.69) is 10.5 Å². The molecule has 0 spiro atoms. The van der Waals surface area contributed by atoms with E-state index in [0.29, 0.717) is 12.8 Å². The number of hydrogen-bond donors (Lipinski definition) is 1. The van der Waals surface area contributed by atoms with Crippen molar-refractivity contribution in [1.82, 2.24) is 5.43 Å². The summed E-state index contributed by atoms with van der Waals surface area (Å²) in [7, 11) is 0. The fourth-order valence-corrected chi connectivity index (χ4v) is 3.54. The minimum absolute atomic E-state index is 0.286. The Bertz CT molecular complexity index is 653. The van der Waals surface area contributed by atoms with Gasteiger partial charge in [-0.15, -0.1) is 0 Å². The predicted octanol–water partition coefficient (Wildman–Crippen LogP) is 2.26. The molecule has 2 aliphatic rings. The second-order valence-corrected chi connectivity index (χ2v) is 6.78. The van der Waals surface area contributed by atoms with E-state index >= 15 is 0 Å². The highest BCUT2D eigenvalue weighted by molar-refractivity contribution is 5.96. The smallest absolute Gasteiger partial charge is 0.313 e. The van der Waals surface area contributed by atoms with Crippen molar-refractivity contribution >= 4 is 18.1 Å². The minimum Gasteiger partial charge on any atom is -0.448 e. The van der Waals surface area contributed by atoms with Gasteiger partial charge in [-0.3, -0.25) is 9.59 Å². The highest BCUT2D eigenvalue weighted by Crippen LogP contribution is 2.65. The zero-order valence-electron chi connectivity index (χ0n) is 13.1. The van der Waals surface area contributed by atoms with Gasteiger partial charge >= 0.3 is 5.97 Å². The first-order chi connectivity index (χ1) is 10.3. The maximum atomic E-state index is 12.6. The van der Waals surface area contributed by atoms with Gasteiger partial charge in [0.15, 0.2) is 5.60 Å². The summed E-state index contributed by atoms with van der Waals surface area (Å²) in [5.74, 6) is -0.634. The SMILES string of the molecule is CC12CCC(C(=O)N/N=C/c3ccccc3)(OC1=O)C2(C)C. The van der Waals surface area contributed by atoms with Gasteiger partial charge in [-0.05, 0) is 25.3 Å². The zero-order chi connectivity index (χ0) is 16.0. The Hall–Kier alpha value is -2.17. The molecule has 2 fully saturated rings. The van der Waals surface area contributed by atoms with Crippen LogP contribution in [0.2, 0.25) is 0 Å². The molecule has 5 nitrogen and oxygen atoms in total. The summed E-state index contributed by atoms with van der Waals surface area (Å²) < 4.78 is 5.51. The molecule has 0 aromatic heterocycles. The van der Waals surface area contributed by atoms with E-state index in [1.165, 1.54) is 0 Å². The second-order valence-electron chi connectivity index (χ2n) is 6.78. The van der Waals surface area contributed by atoms with Crippen LogP contribution in [-0.2, 0) is 14.3 Å². The predicted molar refractivity (Wildman–Crippen MR) is 82.1 cm³/mol. The molecule has 2 bridgehead atoms. The van der Waals surface area contributed by atoms with E-state index < -0.39 is 16.4 Å². The summed E-state index contributed by atoms with van der Waals surface area (Å²) in [5, 5.41) is 4.00. The van der Waals surface area contributed by atoms with Crippen LogP contribution in [0.15, 0.2) is 35.4 Å². The third kappa shape index (κ3) is 1.74. The Morgan fingerprint density at radius 2 is 1.91 bits per heavy atom. The summed E-state index contributed by atoms with van der Waals surface area (Å²) in [4.78, 5) is 24.8. The van der Waals surface area contributed by atoms with Crippen molar-refractivity contribution in [2.75, 3.05) is 0 Å². The van der Waals surface area contributed by atoms with Crippen molar-refractivity contribution in [1.29, 1.82) is 0 Å². The standard InChI is InChI=1S/C17H20N2O3/c1-15(2)16(3)9-10-17(15,22-14(16)21)13(20)19-18-11-12-7-5-4-6-8-12/h4-8,11H,9-10H2,1-3H3,(H,19,20)/b18-11+. The van der Waals surface area contributed by atoms with E-state index in [0.717, 1.165) is 5.56 Å². The molecule has 22 heavy (non-hydrogen) atoms. The largest absolute Gasteiger partial charge is 0.448 e. The molecule has 0 radical (unpaired) electrons. The third-order valence-electron chi connectivity index (χ3n) is 5.63. The Balaban J connectivity index is 1.78. The molecule has 1 saturated carbocycles. The van der Waals surface area contributed by atoms with Gasteiger partial charge in [0.05, 0.1) is 11.6 Å². The summed E-state index contributed by atoms with van der Waals surface area (Å²) in [6, 6.07) is 9.48. The number of carbonyl (C=O) groups excluding carboxylic acids is 2. The van der Waals surface area contributed by atoms with Crippen molar-refractivity contribution in [3.05, 3.63) is 35.9 Å². The van der Waals surface area contributed by atoms with Crippen LogP contribution < -0.4 is 5.43 Å².